The van der Waals surface area contributed by atoms with Gasteiger partial charge in [-0.1, -0.05) is 6.07 Å². The molecule has 28 heavy (non-hydrogen) atoms. The molecule has 0 aliphatic heterocycles. The second kappa shape index (κ2) is 7.35. The van der Waals surface area contributed by atoms with Crippen molar-refractivity contribution in [1.29, 1.82) is 0 Å². The van der Waals surface area contributed by atoms with Gasteiger partial charge in [0.1, 0.15) is 11.9 Å². The highest BCUT2D eigenvalue weighted by Gasteiger charge is 2.14. The van der Waals surface area contributed by atoms with Crippen molar-refractivity contribution in [3.8, 4) is 11.3 Å². The fourth-order valence-corrected chi connectivity index (χ4v) is 3.47. The quantitative estimate of drug-likeness (QED) is 0.509. The summed E-state index contributed by atoms with van der Waals surface area (Å²) in [6, 6.07) is 16.2. The lowest BCUT2D eigenvalue weighted by atomic mass is 10.0. The molecule has 0 aliphatic rings. The van der Waals surface area contributed by atoms with E-state index >= 15 is 0 Å². The minimum Gasteiger partial charge on any atom is -0.354 e. The van der Waals surface area contributed by atoms with E-state index < -0.39 is 0 Å². The van der Waals surface area contributed by atoms with E-state index in [2.05, 4.69) is 16.4 Å². The first-order valence-electron chi connectivity index (χ1n) is 9.30. The molecule has 0 aliphatic carbocycles. The Morgan fingerprint density at radius 3 is 2.57 bits per heavy atom. The lowest BCUT2D eigenvalue weighted by molar-refractivity contribution is -0.124. The van der Waals surface area contributed by atoms with E-state index in [1.807, 2.05) is 55.1 Å². The molecule has 0 bridgehead atoms. The third-order valence-corrected chi connectivity index (χ3v) is 5.18. The van der Waals surface area contributed by atoms with Crippen LogP contribution >= 0.6 is 0 Å². The fourth-order valence-electron chi connectivity index (χ4n) is 3.47. The van der Waals surface area contributed by atoms with Crippen LogP contribution in [0.4, 0.5) is 4.39 Å². The molecular weight excluding hydrogens is 353 g/mol. The van der Waals surface area contributed by atoms with E-state index in [4.69, 9.17) is 0 Å². The van der Waals surface area contributed by atoms with Gasteiger partial charge < -0.3 is 14.9 Å². The maximum atomic E-state index is 13.2. The Kier molecular flexibility index (Phi) is 4.74. The number of nitrogens with zero attached hydrogens (tertiary/aromatic N) is 1. The maximum absolute atomic E-state index is 13.2. The van der Waals surface area contributed by atoms with E-state index in [9.17, 15) is 9.18 Å². The maximum Gasteiger partial charge on any atom is 0.243 e. The van der Waals surface area contributed by atoms with Gasteiger partial charge in [-0.2, -0.15) is 0 Å². The van der Waals surface area contributed by atoms with Gasteiger partial charge in [0.25, 0.3) is 0 Å². The van der Waals surface area contributed by atoms with Crippen molar-refractivity contribution in [3.63, 3.8) is 0 Å². The van der Waals surface area contributed by atoms with E-state index in [1.165, 1.54) is 12.1 Å². The standard InChI is InChI=1S/C23H22FN3O/c1-15-20-13-17(14-25-23(28)16(2)27-11-3-4-12-27)5-10-21(20)26-22(15)18-6-8-19(24)9-7-18/h3-13,16,26H,14H2,1-2H3,(H,25,28). The summed E-state index contributed by atoms with van der Waals surface area (Å²) in [5.74, 6) is -0.265. The Bertz CT molecular complexity index is 1110. The smallest absolute Gasteiger partial charge is 0.243 e. The van der Waals surface area contributed by atoms with Gasteiger partial charge >= 0.3 is 0 Å². The van der Waals surface area contributed by atoms with Crippen LogP contribution in [-0.4, -0.2) is 15.5 Å². The predicted octanol–water partition coefficient (Wildman–Crippen LogP) is 4.96. The Balaban J connectivity index is 1.54. The third-order valence-electron chi connectivity index (χ3n) is 5.18. The van der Waals surface area contributed by atoms with Crippen LogP contribution in [0.25, 0.3) is 22.2 Å². The SMILES string of the molecule is Cc1c(-c2ccc(F)cc2)[nH]c2ccc(CNC(=O)C(C)n3cccc3)cc12. The number of nitrogens with one attached hydrogen (secondary N) is 2. The zero-order valence-corrected chi connectivity index (χ0v) is 15.9. The highest BCUT2D eigenvalue weighted by Crippen LogP contribution is 2.30. The van der Waals surface area contributed by atoms with Gasteiger partial charge in [0.15, 0.2) is 0 Å². The number of halogens is 1. The van der Waals surface area contributed by atoms with Crippen molar-refractivity contribution >= 4 is 16.8 Å². The Morgan fingerprint density at radius 2 is 1.86 bits per heavy atom. The summed E-state index contributed by atoms with van der Waals surface area (Å²) in [5.41, 5.74) is 5.10. The van der Waals surface area contributed by atoms with Crippen LogP contribution in [0, 0.1) is 12.7 Å². The minimum atomic E-state index is -0.252. The molecule has 5 heteroatoms. The zero-order chi connectivity index (χ0) is 19.7. The van der Waals surface area contributed by atoms with Gasteiger partial charge in [0.2, 0.25) is 5.91 Å². The van der Waals surface area contributed by atoms with Gasteiger partial charge in [-0.05, 0) is 79.1 Å². The van der Waals surface area contributed by atoms with Crippen LogP contribution < -0.4 is 5.32 Å². The molecule has 1 atom stereocenters. The Hall–Kier alpha value is -3.34. The van der Waals surface area contributed by atoms with Crippen molar-refractivity contribution < 1.29 is 9.18 Å². The van der Waals surface area contributed by atoms with E-state index in [1.54, 1.807) is 12.1 Å². The summed E-state index contributed by atoms with van der Waals surface area (Å²) in [5, 5.41) is 4.11. The number of benzene rings is 2. The molecular formula is C23H22FN3O. The van der Waals surface area contributed by atoms with Crippen LogP contribution in [0.15, 0.2) is 67.0 Å². The van der Waals surface area contributed by atoms with Gasteiger partial charge in [-0.15, -0.1) is 0 Å². The molecule has 2 aromatic heterocycles. The number of fused-ring (bicyclic) bond motifs is 1. The lowest BCUT2D eigenvalue weighted by Crippen LogP contribution is -2.30. The van der Waals surface area contributed by atoms with Crippen molar-refractivity contribution in [3.05, 3.63) is 83.9 Å². The number of aromatic nitrogens is 2. The molecule has 1 amide bonds. The van der Waals surface area contributed by atoms with Gasteiger partial charge in [-0.25, -0.2) is 4.39 Å². The highest BCUT2D eigenvalue weighted by atomic mass is 19.1. The largest absolute Gasteiger partial charge is 0.354 e. The van der Waals surface area contributed by atoms with Gasteiger partial charge in [0.05, 0.1) is 0 Å². The lowest BCUT2D eigenvalue weighted by Gasteiger charge is -2.14. The molecule has 2 aromatic carbocycles. The average Bonchev–Trinajstić information content (AvgIpc) is 3.35. The summed E-state index contributed by atoms with van der Waals surface area (Å²) >= 11 is 0. The summed E-state index contributed by atoms with van der Waals surface area (Å²) in [7, 11) is 0. The summed E-state index contributed by atoms with van der Waals surface area (Å²) in [4.78, 5) is 15.8. The van der Waals surface area contributed by atoms with Crippen LogP contribution in [0.1, 0.15) is 24.1 Å². The molecule has 4 aromatic rings. The van der Waals surface area contributed by atoms with Crippen molar-refractivity contribution in [2.24, 2.45) is 0 Å². The van der Waals surface area contributed by atoms with E-state index in [0.29, 0.717) is 6.54 Å². The number of H-pyrrole nitrogens is 1. The number of aromatic amines is 1. The first-order valence-corrected chi connectivity index (χ1v) is 9.30. The first kappa shape index (κ1) is 18.0. The van der Waals surface area contributed by atoms with Gasteiger partial charge in [0, 0.05) is 35.5 Å². The molecule has 4 rings (SSSR count). The number of hydrogen-bond acceptors (Lipinski definition) is 1. The molecule has 0 fully saturated rings. The number of rotatable bonds is 5. The Labute approximate surface area is 163 Å². The van der Waals surface area contributed by atoms with Crippen molar-refractivity contribution in [2.45, 2.75) is 26.4 Å². The topological polar surface area (TPSA) is 49.8 Å². The van der Waals surface area contributed by atoms with E-state index in [0.717, 1.165) is 33.3 Å². The minimum absolute atomic E-state index is 0.0194. The predicted molar refractivity (Wildman–Crippen MR) is 109 cm³/mol. The fraction of sp³-hybridized carbons (Fsp3) is 0.174. The molecule has 0 radical (unpaired) electrons. The van der Waals surface area contributed by atoms with Gasteiger partial charge in [-0.3, -0.25) is 4.79 Å². The molecule has 142 valence electrons. The molecule has 0 saturated carbocycles. The van der Waals surface area contributed by atoms with Crippen LogP contribution in [0.5, 0.6) is 0 Å². The molecule has 2 N–H and O–H groups in total. The van der Waals surface area contributed by atoms with Crippen LogP contribution in [-0.2, 0) is 11.3 Å². The third kappa shape index (κ3) is 3.43. The number of aryl methyl sites for hydroxylation is 1. The van der Waals surface area contributed by atoms with E-state index in [-0.39, 0.29) is 17.8 Å². The zero-order valence-electron chi connectivity index (χ0n) is 15.9. The number of carbonyl (C=O) groups is 1. The number of amides is 1. The van der Waals surface area contributed by atoms with Crippen LogP contribution in [0.3, 0.4) is 0 Å². The average molecular weight is 375 g/mol. The molecule has 0 saturated heterocycles. The molecule has 1 unspecified atom stereocenters. The summed E-state index contributed by atoms with van der Waals surface area (Å²) < 4.78 is 15.1. The van der Waals surface area contributed by atoms with Crippen LogP contribution in [0.2, 0.25) is 0 Å². The summed E-state index contributed by atoms with van der Waals surface area (Å²) in [6.45, 7) is 4.40. The molecule has 4 nitrogen and oxygen atoms in total. The monoisotopic (exact) mass is 375 g/mol. The highest BCUT2D eigenvalue weighted by molar-refractivity contribution is 5.91. The molecule has 0 spiro atoms. The second-order valence-electron chi connectivity index (χ2n) is 7.04. The van der Waals surface area contributed by atoms with Crippen molar-refractivity contribution in [1.82, 2.24) is 14.9 Å². The van der Waals surface area contributed by atoms with Crippen molar-refractivity contribution in [2.75, 3.05) is 0 Å². The second-order valence-corrected chi connectivity index (χ2v) is 7.04. The summed E-state index contributed by atoms with van der Waals surface area (Å²) in [6.07, 6.45) is 3.77. The first-order chi connectivity index (χ1) is 13.5. The Morgan fingerprint density at radius 1 is 1.14 bits per heavy atom. The number of carbonyl (C=O) groups excluding carboxylic acids is 1. The normalized spacial score (nSPS) is 12.2. The molecule has 2 heterocycles. The number of hydrogen-bond donors (Lipinski definition) is 2.